The molecule has 1 rings (SSSR count). The van der Waals surface area contributed by atoms with Crippen molar-refractivity contribution in [2.75, 3.05) is 0 Å². The van der Waals surface area contributed by atoms with Gasteiger partial charge in [-0.25, -0.2) is 0 Å². The van der Waals surface area contributed by atoms with Gasteiger partial charge in [0.1, 0.15) is 0 Å². The second-order valence-corrected chi connectivity index (χ2v) is 7.91. The Balaban J connectivity index is 3.01. The maximum absolute atomic E-state index is 2.38. The van der Waals surface area contributed by atoms with E-state index in [4.69, 9.17) is 0 Å². The first kappa shape index (κ1) is 13.4. The highest BCUT2D eigenvalue weighted by molar-refractivity contribution is 14.2. The zero-order valence-electron chi connectivity index (χ0n) is 10.1. The van der Waals surface area contributed by atoms with E-state index in [2.05, 4.69) is 80.1 Å². The van der Waals surface area contributed by atoms with Gasteiger partial charge in [0.25, 0.3) is 0 Å². The monoisotopic (exact) mass is 334 g/mol. The summed E-state index contributed by atoms with van der Waals surface area (Å²) in [6.45, 7) is 11.3. The Morgan fingerprint density at radius 2 is 1.27 bits per heavy atom. The van der Waals surface area contributed by atoms with Crippen LogP contribution < -0.4 is 0 Å². The van der Waals surface area contributed by atoms with Crippen LogP contribution in [0.2, 0.25) is 0 Å². The van der Waals surface area contributed by atoms with Crippen LogP contribution in [0.4, 0.5) is 0 Å². The first-order valence-electron chi connectivity index (χ1n) is 5.18. The number of hydrogen-bond acceptors (Lipinski definition) is 1. The standard InChI is InChI=1S/C13H19IS/c1-12(2,3)10-6-8-11(9-7-10)13(4,5)15-14/h6-9H,1-5H3. The highest BCUT2D eigenvalue weighted by Gasteiger charge is 2.21. The average Bonchev–Trinajstić information content (AvgIpc) is 2.17. The van der Waals surface area contributed by atoms with Crippen LogP contribution in [0.25, 0.3) is 0 Å². The van der Waals surface area contributed by atoms with E-state index in [1.807, 2.05) is 8.93 Å². The van der Waals surface area contributed by atoms with Gasteiger partial charge in [0, 0.05) is 4.75 Å². The van der Waals surface area contributed by atoms with Gasteiger partial charge in [-0.15, -0.1) is 0 Å². The molecule has 0 saturated heterocycles. The molecule has 0 amide bonds. The fourth-order valence-electron chi connectivity index (χ4n) is 1.42. The van der Waals surface area contributed by atoms with Crippen LogP contribution in [0, 0.1) is 0 Å². The van der Waals surface area contributed by atoms with Crippen LogP contribution in [0.1, 0.15) is 45.7 Å². The van der Waals surface area contributed by atoms with Crippen molar-refractivity contribution >= 4 is 30.1 Å². The fourth-order valence-corrected chi connectivity index (χ4v) is 2.40. The molecule has 0 unspecified atom stereocenters. The van der Waals surface area contributed by atoms with E-state index in [0.29, 0.717) is 0 Å². The molecule has 0 fully saturated rings. The Morgan fingerprint density at radius 1 is 0.867 bits per heavy atom. The van der Waals surface area contributed by atoms with Crippen LogP contribution in [0.3, 0.4) is 0 Å². The van der Waals surface area contributed by atoms with E-state index in [9.17, 15) is 0 Å². The topological polar surface area (TPSA) is 0 Å². The Labute approximate surface area is 110 Å². The fraction of sp³-hybridized carbons (Fsp3) is 0.538. The van der Waals surface area contributed by atoms with Crippen LogP contribution >= 0.6 is 30.1 Å². The molecule has 2 heteroatoms. The lowest BCUT2D eigenvalue weighted by atomic mass is 9.86. The minimum Gasteiger partial charge on any atom is -0.0783 e. The summed E-state index contributed by atoms with van der Waals surface area (Å²) in [7, 11) is 1.86. The quantitative estimate of drug-likeness (QED) is 0.661. The lowest BCUT2D eigenvalue weighted by Crippen LogP contribution is -2.13. The van der Waals surface area contributed by atoms with Crippen molar-refractivity contribution in [1.82, 2.24) is 0 Å². The molecule has 0 spiro atoms. The second-order valence-electron chi connectivity index (χ2n) is 5.41. The van der Waals surface area contributed by atoms with Gasteiger partial charge in [-0.1, -0.05) is 54.0 Å². The third-order valence-corrected chi connectivity index (χ3v) is 6.56. The highest BCUT2D eigenvalue weighted by Crippen LogP contribution is 2.40. The minimum absolute atomic E-state index is 0.205. The maximum atomic E-state index is 2.38. The van der Waals surface area contributed by atoms with Crippen LogP contribution in [-0.4, -0.2) is 0 Å². The molecule has 0 aliphatic heterocycles. The zero-order valence-corrected chi connectivity index (χ0v) is 13.1. The van der Waals surface area contributed by atoms with Crippen molar-refractivity contribution in [3.05, 3.63) is 35.4 Å². The van der Waals surface area contributed by atoms with Gasteiger partial charge in [-0.05, 0) is 51.6 Å². The van der Waals surface area contributed by atoms with E-state index in [-0.39, 0.29) is 10.2 Å². The van der Waals surface area contributed by atoms with Crippen LogP contribution in [-0.2, 0) is 10.2 Å². The van der Waals surface area contributed by atoms with Gasteiger partial charge in [0.05, 0.1) is 0 Å². The molecule has 0 heterocycles. The summed E-state index contributed by atoms with van der Waals surface area (Å²) in [5.41, 5.74) is 3.05. The molecule has 0 atom stereocenters. The third kappa shape index (κ3) is 3.38. The molecule has 0 radical (unpaired) electrons. The molecule has 0 bridgehead atoms. The van der Waals surface area contributed by atoms with E-state index in [0.717, 1.165) is 0 Å². The first-order valence-corrected chi connectivity index (χ1v) is 8.54. The molecule has 1 aromatic rings. The predicted octanol–water partition coefficient (Wildman–Crippen LogP) is 5.30. The first-order chi connectivity index (χ1) is 6.77. The van der Waals surface area contributed by atoms with E-state index in [1.165, 1.54) is 11.1 Å². The van der Waals surface area contributed by atoms with Gasteiger partial charge in [0.15, 0.2) is 0 Å². The van der Waals surface area contributed by atoms with Crippen molar-refractivity contribution in [2.45, 2.75) is 44.8 Å². The summed E-state index contributed by atoms with van der Waals surface area (Å²) in [5.74, 6) is 0. The van der Waals surface area contributed by atoms with Gasteiger partial charge in [0.2, 0.25) is 0 Å². The van der Waals surface area contributed by atoms with Crippen LogP contribution in [0.5, 0.6) is 0 Å². The number of halogens is 1. The summed E-state index contributed by atoms with van der Waals surface area (Å²) in [6, 6.07) is 9.02. The minimum atomic E-state index is 0.205. The van der Waals surface area contributed by atoms with Crippen LogP contribution in [0.15, 0.2) is 24.3 Å². The lowest BCUT2D eigenvalue weighted by molar-refractivity contribution is 0.589. The van der Waals surface area contributed by atoms with E-state index >= 15 is 0 Å². The molecule has 0 N–H and O–H groups in total. The molecule has 1 aromatic carbocycles. The molecule has 15 heavy (non-hydrogen) atoms. The summed E-state index contributed by atoms with van der Waals surface area (Å²) in [6.07, 6.45) is 0. The van der Waals surface area contributed by atoms with Gasteiger partial charge in [-0.3, -0.25) is 0 Å². The molecule has 0 saturated carbocycles. The summed E-state index contributed by atoms with van der Waals surface area (Å²) >= 11 is 2.38. The van der Waals surface area contributed by atoms with E-state index < -0.39 is 0 Å². The Hall–Kier alpha value is 0.300. The summed E-state index contributed by atoms with van der Waals surface area (Å²) < 4.78 is 0.205. The van der Waals surface area contributed by atoms with Crippen molar-refractivity contribution in [3.8, 4) is 0 Å². The summed E-state index contributed by atoms with van der Waals surface area (Å²) in [5, 5.41) is 0. The maximum Gasteiger partial charge on any atom is 0.0452 e. The largest absolute Gasteiger partial charge is 0.0783 e. The Bertz CT molecular complexity index is 319. The van der Waals surface area contributed by atoms with Crippen molar-refractivity contribution < 1.29 is 0 Å². The summed E-state index contributed by atoms with van der Waals surface area (Å²) in [4.78, 5) is 0. The van der Waals surface area contributed by atoms with E-state index in [1.54, 1.807) is 0 Å². The number of hydrogen-bond donors (Lipinski definition) is 0. The third-order valence-electron chi connectivity index (χ3n) is 2.64. The Kier molecular flexibility index (Phi) is 4.15. The van der Waals surface area contributed by atoms with Crippen molar-refractivity contribution in [3.63, 3.8) is 0 Å². The smallest absolute Gasteiger partial charge is 0.0452 e. The molecule has 0 aliphatic rings. The predicted molar refractivity (Wildman–Crippen MR) is 79.8 cm³/mol. The molecule has 0 aromatic heterocycles. The highest BCUT2D eigenvalue weighted by atomic mass is 127. The molecule has 0 nitrogen and oxygen atoms in total. The van der Waals surface area contributed by atoms with Crippen molar-refractivity contribution in [1.29, 1.82) is 0 Å². The molecule has 84 valence electrons. The average molecular weight is 334 g/mol. The van der Waals surface area contributed by atoms with Gasteiger partial charge >= 0.3 is 0 Å². The van der Waals surface area contributed by atoms with Gasteiger partial charge < -0.3 is 0 Å². The number of rotatable bonds is 2. The number of benzene rings is 1. The lowest BCUT2D eigenvalue weighted by Gasteiger charge is -2.24. The Morgan fingerprint density at radius 3 is 1.60 bits per heavy atom. The SMILES string of the molecule is CC(C)(C)c1ccc(C(C)(C)SI)cc1. The zero-order chi connectivity index (χ0) is 11.7. The van der Waals surface area contributed by atoms with Crippen molar-refractivity contribution in [2.24, 2.45) is 0 Å². The molecule has 0 aliphatic carbocycles. The normalized spacial score (nSPS) is 12.9. The molecular formula is C13H19IS. The van der Waals surface area contributed by atoms with Gasteiger partial charge in [-0.2, -0.15) is 0 Å². The molecular weight excluding hydrogens is 315 g/mol. The second kappa shape index (κ2) is 4.66.